The summed E-state index contributed by atoms with van der Waals surface area (Å²) in [6.45, 7) is 4.88. The number of aromatic nitrogens is 2. The van der Waals surface area contributed by atoms with Crippen LogP contribution in [0, 0.1) is 0 Å². The van der Waals surface area contributed by atoms with Gasteiger partial charge in [0.15, 0.2) is 0 Å². The van der Waals surface area contributed by atoms with Crippen molar-refractivity contribution in [3.8, 4) is 0 Å². The van der Waals surface area contributed by atoms with Crippen molar-refractivity contribution in [2.75, 3.05) is 6.54 Å². The molecular formula is C13H14F3N3O3. The van der Waals surface area contributed by atoms with Gasteiger partial charge in [-0.15, -0.1) is 0 Å². The van der Waals surface area contributed by atoms with Crippen molar-refractivity contribution in [2.45, 2.75) is 39.0 Å². The fourth-order valence-corrected chi connectivity index (χ4v) is 1.86. The average molecular weight is 317 g/mol. The molecule has 0 fully saturated rings. The Labute approximate surface area is 124 Å². The van der Waals surface area contributed by atoms with E-state index >= 15 is 0 Å². The van der Waals surface area contributed by atoms with Crippen LogP contribution in [0.1, 0.15) is 42.6 Å². The normalized spacial score (nSPS) is 15.5. The number of carbonyl (C=O) groups is 2. The lowest BCUT2D eigenvalue weighted by Crippen LogP contribution is -2.45. The third-order valence-corrected chi connectivity index (χ3v) is 2.78. The fraction of sp³-hybridized carbons (Fsp3) is 0.538. The van der Waals surface area contributed by atoms with Crippen LogP contribution in [0.25, 0.3) is 0 Å². The van der Waals surface area contributed by atoms with E-state index in [1.54, 1.807) is 20.8 Å². The Balaban J connectivity index is 2.31. The molecule has 0 spiro atoms. The molecule has 9 heteroatoms. The van der Waals surface area contributed by atoms with Crippen LogP contribution in [-0.4, -0.2) is 39.0 Å². The number of hydrogen-bond acceptors (Lipinski definition) is 5. The van der Waals surface area contributed by atoms with E-state index in [2.05, 4.69) is 9.97 Å². The number of alkyl halides is 3. The molecule has 0 atom stereocenters. The number of fused-ring (bicyclic) bond motifs is 1. The molecule has 6 nitrogen and oxygen atoms in total. The SMILES string of the molecule is CC(C)(C)OC(=O)N1CCc2cnc(C(F)(F)F)nc2C1=O. The van der Waals surface area contributed by atoms with Crippen molar-refractivity contribution in [2.24, 2.45) is 0 Å². The van der Waals surface area contributed by atoms with E-state index in [1.165, 1.54) is 0 Å². The summed E-state index contributed by atoms with van der Waals surface area (Å²) in [6.07, 6.45) is -4.52. The quantitative estimate of drug-likeness (QED) is 0.735. The summed E-state index contributed by atoms with van der Waals surface area (Å²) < 4.78 is 42.9. The lowest BCUT2D eigenvalue weighted by atomic mass is 10.1. The second-order valence-electron chi connectivity index (χ2n) is 5.75. The Bertz CT molecular complexity index is 623. The zero-order chi connectivity index (χ0) is 16.7. The Kier molecular flexibility index (Phi) is 3.84. The molecule has 0 bridgehead atoms. The minimum absolute atomic E-state index is 0.00940. The van der Waals surface area contributed by atoms with Gasteiger partial charge >= 0.3 is 12.3 Å². The molecule has 0 aliphatic carbocycles. The second kappa shape index (κ2) is 5.22. The first-order valence-electron chi connectivity index (χ1n) is 6.47. The highest BCUT2D eigenvalue weighted by molar-refractivity contribution is 6.03. The molecule has 22 heavy (non-hydrogen) atoms. The average Bonchev–Trinajstić information content (AvgIpc) is 2.35. The maximum atomic E-state index is 12.6. The molecule has 0 saturated heterocycles. The third-order valence-electron chi connectivity index (χ3n) is 2.78. The zero-order valence-corrected chi connectivity index (χ0v) is 12.2. The zero-order valence-electron chi connectivity index (χ0n) is 12.2. The van der Waals surface area contributed by atoms with Gasteiger partial charge < -0.3 is 4.74 Å². The first kappa shape index (κ1) is 16.2. The summed E-state index contributed by atoms with van der Waals surface area (Å²) in [5.41, 5.74) is -0.960. The largest absolute Gasteiger partial charge is 0.451 e. The lowest BCUT2D eigenvalue weighted by molar-refractivity contribution is -0.145. The van der Waals surface area contributed by atoms with Crippen molar-refractivity contribution in [1.29, 1.82) is 0 Å². The van der Waals surface area contributed by atoms with E-state index in [0.29, 0.717) is 0 Å². The smallest absolute Gasteiger partial charge is 0.443 e. The summed E-state index contributed by atoms with van der Waals surface area (Å²) in [5.74, 6) is -2.32. The number of nitrogens with zero attached hydrogens (tertiary/aromatic N) is 3. The van der Waals surface area contributed by atoms with E-state index < -0.39 is 35.3 Å². The summed E-state index contributed by atoms with van der Waals surface area (Å²) >= 11 is 0. The van der Waals surface area contributed by atoms with Crippen molar-refractivity contribution < 1.29 is 27.5 Å². The lowest BCUT2D eigenvalue weighted by Gasteiger charge is -2.29. The van der Waals surface area contributed by atoms with Crippen LogP contribution in [-0.2, 0) is 17.3 Å². The van der Waals surface area contributed by atoms with Gasteiger partial charge in [-0.1, -0.05) is 0 Å². The monoisotopic (exact) mass is 317 g/mol. The van der Waals surface area contributed by atoms with Gasteiger partial charge in [0.2, 0.25) is 5.82 Å². The summed E-state index contributed by atoms with van der Waals surface area (Å²) in [4.78, 5) is 31.3. The van der Waals surface area contributed by atoms with Gasteiger partial charge in [-0.05, 0) is 27.2 Å². The van der Waals surface area contributed by atoms with Crippen LogP contribution in [0.3, 0.4) is 0 Å². The van der Waals surface area contributed by atoms with E-state index in [4.69, 9.17) is 4.74 Å². The Morgan fingerprint density at radius 3 is 2.50 bits per heavy atom. The van der Waals surface area contributed by atoms with Crippen molar-refractivity contribution in [1.82, 2.24) is 14.9 Å². The molecular weight excluding hydrogens is 303 g/mol. The Morgan fingerprint density at radius 1 is 1.32 bits per heavy atom. The molecule has 0 saturated carbocycles. The number of halogens is 3. The van der Waals surface area contributed by atoms with E-state index in [-0.39, 0.29) is 18.5 Å². The Morgan fingerprint density at radius 2 is 1.95 bits per heavy atom. The molecule has 0 unspecified atom stereocenters. The van der Waals surface area contributed by atoms with Gasteiger partial charge in [-0.2, -0.15) is 13.2 Å². The third kappa shape index (κ3) is 3.34. The maximum Gasteiger partial charge on any atom is 0.451 e. The minimum atomic E-state index is -4.76. The number of amides is 2. The second-order valence-corrected chi connectivity index (χ2v) is 5.75. The highest BCUT2D eigenvalue weighted by Crippen LogP contribution is 2.28. The number of ether oxygens (including phenoxy) is 1. The molecule has 1 aliphatic heterocycles. The summed E-state index contributed by atoms with van der Waals surface area (Å²) in [7, 11) is 0. The van der Waals surface area contributed by atoms with E-state index in [9.17, 15) is 22.8 Å². The molecule has 0 N–H and O–H groups in total. The maximum absolute atomic E-state index is 12.6. The molecule has 2 rings (SSSR count). The van der Waals surface area contributed by atoms with Crippen LogP contribution in [0.15, 0.2) is 6.20 Å². The van der Waals surface area contributed by atoms with Crippen molar-refractivity contribution >= 4 is 12.0 Å². The van der Waals surface area contributed by atoms with Gasteiger partial charge in [-0.3, -0.25) is 4.79 Å². The fourth-order valence-electron chi connectivity index (χ4n) is 1.86. The molecule has 120 valence electrons. The molecule has 1 aliphatic rings. The van der Waals surface area contributed by atoms with E-state index in [0.717, 1.165) is 11.1 Å². The molecule has 1 aromatic rings. The van der Waals surface area contributed by atoms with Gasteiger partial charge in [0.1, 0.15) is 11.3 Å². The predicted octanol–water partition coefficient (Wildman–Crippen LogP) is 2.43. The van der Waals surface area contributed by atoms with Crippen LogP contribution in [0.5, 0.6) is 0 Å². The molecule has 2 heterocycles. The van der Waals surface area contributed by atoms with Gasteiger partial charge in [0.05, 0.1) is 0 Å². The molecule has 0 radical (unpaired) electrons. The van der Waals surface area contributed by atoms with Crippen LogP contribution >= 0.6 is 0 Å². The highest BCUT2D eigenvalue weighted by atomic mass is 19.4. The van der Waals surface area contributed by atoms with Crippen molar-refractivity contribution in [3.63, 3.8) is 0 Å². The minimum Gasteiger partial charge on any atom is -0.443 e. The number of imide groups is 1. The first-order chi connectivity index (χ1) is 9.99. The van der Waals surface area contributed by atoms with Crippen LogP contribution < -0.4 is 0 Å². The highest BCUT2D eigenvalue weighted by Gasteiger charge is 2.39. The number of rotatable bonds is 0. The summed E-state index contributed by atoms with van der Waals surface area (Å²) in [5, 5.41) is 0. The topological polar surface area (TPSA) is 72.4 Å². The summed E-state index contributed by atoms with van der Waals surface area (Å²) in [6, 6.07) is 0. The predicted molar refractivity (Wildman–Crippen MR) is 68.0 cm³/mol. The Hall–Kier alpha value is -2.19. The van der Waals surface area contributed by atoms with Gasteiger partial charge in [0.25, 0.3) is 5.91 Å². The van der Waals surface area contributed by atoms with Gasteiger partial charge in [0, 0.05) is 18.3 Å². The van der Waals surface area contributed by atoms with Crippen molar-refractivity contribution in [3.05, 3.63) is 23.3 Å². The van der Waals surface area contributed by atoms with Crippen LogP contribution in [0.2, 0.25) is 0 Å². The first-order valence-corrected chi connectivity index (χ1v) is 6.47. The van der Waals surface area contributed by atoms with Crippen LogP contribution in [0.4, 0.5) is 18.0 Å². The number of hydrogen-bond donors (Lipinski definition) is 0. The van der Waals surface area contributed by atoms with Gasteiger partial charge in [-0.25, -0.2) is 19.7 Å². The molecule has 2 amide bonds. The standard InChI is InChI=1S/C13H14F3N3O3/c1-12(2,3)22-11(21)19-5-4-7-6-17-10(13(14,15)16)18-8(7)9(19)20/h6H,4-5H2,1-3H3. The van der Waals surface area contributed by atoms with E-state index in [1.807, 2.05) is 0 Å². The molecule has 1 aromatic heterocycles. The number of carbonyl (C=O) groups excluding carboxylic acids is 2. The molecule has 0 aromatic carbocycles.